The van der Waals surface area contributed by atoms with Crippen LogP contribution in [-0.4, -0.2) is 43.1 Å². The number of amides is 1. The second-order valence-corrected chi connectivity index (χ2v) is 4.67. The van der Waals surface area contributed by atoms with E-state index in [1.165, 1.54) is 0 Å². The maximum Gasteiger partial charge on any atom is 0.534 e. The molecule has 6 nitrogen and oxygen atoms in total. The third-order valence-electron chi connectivity index (χ3n) is 1.94. The SMILES string of the molecule is O=C(O)N1CC=C(OS(=O)(=O)C(F)(F)F)CC1. The van der Waals surface area contributed by atoms with Gasteiger partial charge in [-0.3, -0.25) is 0 Å². The molecule has 0 saturated heterocycles. The molecule has 10 heteroatoms. The molecule has 1 N–H and O–H groups in total. The molecule has 0 bridgehead atoms. The van der Waals surface area contributed by atoms with E-state index in [2.05, 4.69) is 4.18 Å². The maximum absolute atomic E-state index is 11.9. The molecule has 0 fully saturated rings. The molecule has 98 valence electrons. The van der Waals surface area contributed by atoms with Crippen molar-refractivity contribution in [3.63, 3.8) is 0 Å². The van der Waals surface area contributed by atoms with E-state index in [9.17, 15) is 26.4 Å². The fraction of sp³-hybridized carbons (Fsp3) is 0.571. The van der Waals surface area contributed by atoms with E-state index in [0.29, 0.717) is 0 Å². The fourth-order valence-electron chi connectivity index (χ4n) is 1.09. The first kappa shape index (κ1) is 13.6. The summed E-state index contributed by atoms with van der Waals surface area (Å²) in [5.74, 6) is -0.403. The highest BCUT2D eigenvalue weighted by Crippen LogP contribution is 2.28. The van der Waals surface area contributed by atoms with Crippen molar-refractivity contribution in [1.29, 1.82) is 0 Å². The van der Waals surface area contributed by atoms with Gasteiger partial charge in [0.2, 0.25) is 0 Å². The van der Waals surface area contributed by atoms with E-state index >= 15 is 0 Å². The minimum atomic E-state index is -5.67. The van der Waals surface area contributed by atoms with E-state index in [1.54, 1.807) is 0 Å². The standard InChI is InChI=1S/C7H8F3NO5S/c8-7(9,10)17(14,15)16-5-1-3-11(4-2-5)6(12)13/h1H,2-4H2,(H,12,13). The summed E-state index contributed by atoms with van der Waals surface area (Å²) in [6.45, 7) is -0.327. The van der Waals surface area contributed by atoms with Crippen LogP contribution in [0.3, 0.4) is 0 Å². The predicted molar refractivity (Wildman–Crippen MR) is 48.4 cm³/mol. The van der Waals surface area contributed by atoms with Crippen molar-refractivity contribution in [2.45, 2.75) is 11.9 Å². The number of carbonyl (C=O) groups is 1. The lowest BCUT2D eigenvalue weighted by molar-refractivity contribution is -0.0525. The van der Waals surface area contributed by atoms with Gasteiger partial charge in [-0.2, -0.15) is 21.6 Å². The lowest BCUT2D eigenvalue weighted by Crippen LogP contribution is -2.35. The van der Waals surface area contributed by atoms with Gasteiger partial charge >= 0.3 is 21.7 Å². The van der Waals surface area contributed by atoms with Crippen LogP contribution in [0.5, 0.6) is 0 Å². The normalized spacial score (nSPS) is 17.6. The zero-order valence-corrected chi connectivity index (χ0v) is 9.08. The van der Waals surface area contributed by atoms with Gasteiger partial charge in [-0.15, -0.1) is 0 Å². The number of rotatable bonds is 2. The zero-order valence-electron chi connectivity index (χ0n) is 8.27. The molecule has 0 spiro atoms. The summed E-state index contributed by atoms with van der Waals surface area (Å²) in [5, 5.41) is 8.54. The van der Waals surface area contributed by atoms with Crippen molar-refractivity contribution in [3.05, 3.63) is 11.8 Å². The molecule has 0 saturated carbocycles. The maximum atomic E-state index is 11.9. The molecule has 0 unspecified atom stereocenters. The summed E-state index contributed by atoms with van der Waals surface area (Å²) in [7, 11) is -5.67. The Morgan fingerprint density at radius 3 is 2.41 bits per heavy atom. The number of alkyl halides is 3. The Bertz CT molecular complexity index is 441. The lowest BCUT2D eigenvalue weighted by Gasteiger charge is -2.23. The highest BCUT2D eigenvalue weighted by molar-refractivity contribution is 7.87. The van der Waals surface area contributed by atoms with E-state index in [0.717, 1.165) is 11.0 Å². The van der Waals surface area contributed by atoms with Crippen molar-refractivity contribution >= 4 is 16.2 Å². The van der Waals surface area contributed by atoms with Gasteiger partial charge in [0.25, 0.3) is 0 Å². The van der Waals surface area contributed by atoms with Crippen molar-refractivity contribution in [3.8, 4) is 0 Å². The second-order valence-electron chi connectivity index (χ2n) is 3.13. The molecule has 1 heterocycles. The molecule has 0 radical (unpaired) electrons. The quantitative estimate of drug-likeness (QED) is 0.603. The third-order valence-corrected chi connectivity index (χ3v) is 2.94. The third kappa shape index (κ3) is 3.25. The largest absolute Gasteiger partial charge is 0.534 e. The predicted octanol–water partition coefficient (Wildman–Crippen LogP) is 1.12. The van der Waals surface area contributed by atoms with E-state index in [1.807, 2.05) is 0 Å². The number of nitrogens with zero attached hydrogens (tertiary/aromatic N) is 1. The summed E-state index contributed by atoms with van der Waals surface area (Å²) in [5.41, 5.74) is -5.49. The summed E-state index contributed by atoms with van der Waals surface area (Å²) >= 11 is 0. The molecule has 1 aliphatic rings. The molecule has 1 amide bonds. The van der Waals surface area contributed by atoms with Crippen LogP contribution in [0, 0.1) is 0 Å². The topological polar surface area (TPSA) is 83.9 Å². The van der Waals surface area contributed by atoms with Crippen molar-refractivity contribution in [1.82, 2.24) is 4.90 Å². The Kier molecular flexibility index (Phi) is 3.55. The second kappa shape index (κ2) is 4.43. The molecule has 0 atom stereocenters. The van der Waals surface area contributed by atoms with Gasteiger partial charge in [0.15, 0.2) is 0 Å². The number of hydrogen-bond donors (Lipinski definition) is 1. The summed E-state index contributed by atoms with van der Waals surface area (Å²) in [6, 6.07) is 0. The lowest BCUT2D eigenvalue weighted by atomic mass is 10.2. The van der Waals surface area contributed by atoms with Crippen LogP contribution in [0.2, 0.25) is 0 Å². The van der Waals surface area contributed by atoms with Crippen LogP contribution in [0.1, 0.15) is 6.42 Å². The minimum absolute atomic E-state index is 0.117. The molecule has 0 aromatic heterocycles. The van der Waals surface area contributed by atoms with Gasteiger partial charge in [-0.1, -0.05) is 0 Å². The van der Waals surface area contributed by atoms with Gasteiger partial charge in [-0.05, 0) is 6.08 Å². The number of carboxylic acid groups (broad SMARTS) is 1. The van der Waals surface area contributed by atoms with Gasteiger partial charge in [0.05, 0.1) is 0 Å². The van der Waals surface area contributed by atoms with Crippen LogP contribution in [0.4, 0.5) is 18.0 Å². The van der Waals surface area contributed by atoms with Crippen LogP contribution < -0.4 is 0 Å². The Morgan fingerprint density at radius 2 is 2.06 bits per heavy atom. The fourth-order valence-corrected chi connectivity index (χ4v) is 1.62. The van der Waals surface area contributed by atoms with Crippen molar-refractivity contribution < 1.29 is 35.7 Å². The smallest absolute Gasteiger partial charge is 0.465 e. The molecule has 0 aromatic rings. The minimum Gasteiger partial charge on any atom is -0.465 e. The van der Waals surface area contributed by atoms with Crippen LogP contribution in [-0.2, 0) is 14.3 Å². The Hall–Kier alpha value is -1.45. The van der Waals surface area contributed by atoms with Gasteiger partial charge < -0.3 is 14.2 Å². The van der Waals surface area contributed by atoms with Crippen molar-refractivity contribution in [2.75, 3.05) is 13.1 Å². The summed E-state index contributed by atoms with van der Waals surface area (Å²) in [6.07, 6.45) is -0.471. The molecular weight excluding hydrogens is 267 g/mol. The monoisotopic (exact) mass is 275 g/mol. The first-order valence-electron chi connectivity index (χ1n) is 4.31. The Labute approximate surface area is 94.4 Å². The number of hydrogen-bond acceptors (Lipinski definition) is 4. The highest BCUT2D eigenvalue weighted by Gasteiger charge is 2.48. The van der Waals surface area contributed by atoms with Gasteiger partial charge in [0, 0.05) is 19.5 Å². The van der Waals surface area contributed by atoms with E-state index < -0.39 is 27.5 Å². The molecule has 0 aromatic carbocycles. The molecule has 0 aliphatic carbocycles. The average Bonchev–Trinajstić information content (AvgIpc) is 2.16. The van der Waals surface area contributed by atoms with Crippen LogP contribution in [0.15, 0.2) is 11.8 Å². The average molecular weight is 275 g/mol. The van der Waals surface area contributed by atoms with Crippen LogP contribution in [0.25, 0.3) is 0 Å². The first-order valence-corrected chi connectivity index (χ1v) is 5.72. The molecule has 1 aliphatic heterocycles. The van der Waals surface area contributed by atoms with Gasteiger partial charge in [-0.25, -0.2) is 4.79 Å². The van der Waals surface area contributed by atoms with E-state index in [-0.39, 0.29) is 19.5 Å². The molecule has 1 rings (SSSR count). The summed E-state index contributed by atoms with van der Waals surface area (Å²) < 4.78 is 60.9. The molecular formula is C7H8F3NO5S. The zero-order chi connectivity index (χ0) is 13.3. The highest BCUT2D eigenvalue weighted by atomic mass is 32.2. The Morgan fingerprint density at radius 1 is 1.47 bits per heavy atom. The van der Waals surface area contributed by atoms with E-state index in [4.69, 9.17) is 5.11 Å². The van der Waals surface area contributed by atoms with Crippen LogP contribution >= 0.6 is 0 Å². The van der Waals surface area contributed by atoms with Gasteiger partial charge in [0.1, 0.15) is 5.76 Å². The summed E-state index contributed by atoms with van der Waals surface area (Å²) in [4.78, 5) is 11.4. The Balaban J connectivity index is 2.71. The first-order chi connectivity index (χ1) is 7.63. The van der Waals surface area contributed by atoms with Crippen molar-refractivity contribution in [2.24, 2.45) is 0 Å². The molecule has 17 heavy (non-hydrogen) atoms. The number of halogens is 3.